The van der Waals surface area contributed by atoms with Gasteiger partial charge >= 0.3 is 0 Å². The van der Waals surface area contributed by atoms with Crippen LogP contribution in [-0.2, 0) is 4.79 Å². The van der Waals surface area contributed by atoms with E-state index in [9.17, 15) is 4.79 Å². The number of carbonyl (C=O) groups is 1. The van der Waals surface area contributed by atoms with Crippen molar-refractivity contribution in [3.05, 3.63) is 0 Å². The number of rotatable bonds is 4. The van der Waals surface area contributed by atoms with E-state index in [-0.39, 0.29) is 5.91 Å². The summed E-state index contributed by atoms with van der Waals surface area (Å²) in [6, 6.07) is 0.490. The molecule has 1 amide bonds. The van der Waals surface area contributed by atoms with Crippen LogP contribution in [0.25, 0.3) is 0 Å². The summed E-state index contributed by atoms with van der Waals surface area (Å²) in [5.41, 5.74) is -0.463. The van der Waals surface area contributed by atoms with Crippen molar-refractivity contribution in [1.29, 1.82) is 0 Å². The zero-order chi connectivity index (χ0) is 12.2. The number of alkyl halides is 1. The van der Waals surface area contributed by atoms with E-state index in [4.69, 9.17) is 11.6 Å². The SMILES string of the molecule is CN1CCCCC1CNC(=O)C(C)(C)CCl. The molecule has 1 atom stereocenters. The van der Waals surface area contributed by atoms with Gasteiger partial charge in [0.25, 0.3) is 0 Å². The van der Waals surface area contributed by atoms with Crippen LogP contribution < -0.4 is 5.32 Å². The third-order valence-corrected chi connectivity index (χ3v) is 4.04. The lowest BCUT2D eigenvalue weighted by molar-refractivity contribution is -0.128. The summed E-state index contributed by atoms with van der Waals surface area (Å²) in [5.74, 6) is 0.417. The van der Waals surface area contributed by atoms with E-state index in [2.05, 4.69) is 17.3 Å². The fourth-order valence-electron chi connectivity index (χ4n) is 1.91. The van der Waals surface area contributed by atoms with Crippen molar-refractivity contribution in [1.82, 2.24) is 10.2 Å². The molecule has 1 heterocycles. The van der Waals surface area contributed by atoms with E-state index in [1.54, 1.807) is 0 Å². The van der Waals surface area contributed by atoms with Gasteiger partial charge < -0.3 is 10.2 Å². The van der Waals surface area contributed by atoms with Crippen molar-refractivity contribution in [3.8, 4) is 0 Å². The molecule has 0 spiro atoms. The number of hydrogen-bond acceptors (Lipinski definition) is 2. The summed E-state index contributed by atoms with van der Waals surface area (Å²) in [7, 11) is 2.13. The normalized spacial score (nSPS) is 23.1. The topological polar surface area (TPSA) is 32.3 Å². The van der Waals surface area contributed by atoms with Crippen LogP contribution >= 0.6 is 11.6 Å². The number of halogens is 1. The smallest absolute Gasteiger partial charge is 0.226 e. The number of nitrogens with zero attached hydrogens (tertiary/aromatic N) is 1. The Bertz CT molecular complexity index is 243. The largest absolute Gasteiger partial charge is 0.354 e. The summed E-state index contributed by atoms with van der Waals surface area (Å²) >= 11 is 5.77. The first-order valence-corrected chi connectivity index (χ1v) is 6.55. The Morgan fingerprint density at radius 3 is 2.75 bits per heavy atom. The minimum Gasteiger partial charge on any atom is -0.354 e. The van der Waals surface area contributed by atoms with Crippen LogP contribution in [-0.4, -0.2) is 42.9 Å². The zero-order valence-electron chi connectivity index (χ0n) is 10.6. The molecule has 1 saturated heterocycles. The average molecular weight is 247 g/mol. The van der Waals surface area contributed by atoms with E-state index < -0.39 is 5.41 Å². The molecule has 1 aliphatic heterocycles. The van der Waals surface area contributed by atoms with Crippen molar-refractivity contribution >= 4 is 17.5 Å². The molecule has 0 saturated carbocycles. The van der Waals surface area contributed by atoms with E-state index in [1.807, 2.05) is 13.8 Å². The van der Waals surface area contributed by atoms with Crippen molar-refractivity contribution in [3.63, 3.8) is 0 Å². The first-order valence-electron chi connectivity index (χ1n) is 6.02. The van der Waals surface area contributed by atoms with E-state index >= 15 is 0 Å². The third kappa shape index (κ3) is 3.63. The van der Waals surface area contributed by atoms with E-state index in [0.29, 0.717) is 11.9 Å². The molecule has 1 N–H and O–H groups in total. The van der Waals surface area contributed by atoms with Gasteiger partial charge in [0, 0.05) is 18.5 Å². The van der Waals surface area contributed by atoms with Gasteiger partial charge in [0.2, 0.25) is 5.91 Å². The molecule has 1 fully saturated rings. The van der Waals surface area contributed by atoms with Gasteiger partial charge in [-0.1, -0.05) is 6.42 Å². The lowest BCUT2D eigenvalue weighted by Gasteiger charge is -2.33. The maximum absolute atomic E-state index is 11.8. The molecule has 0 aliphatic carbocycles. The Kier molecular flexibility index (Phi) is 5.06. The number of likely N-dealkylation sites (tertiary alicyclic amines) is 1. The fraction of sp³-hybridized carbons (Fsp3) is 0.917. The first-order chi connectivity index (χ1) is 7.47. The van der Waals surface area contributed by atoms with Gasteiger partial charge in [-0.2, -0.15) is 0 Å². The summed E-state index contributed by atoms with van der Waals surface area (Å²) < 4.78 is 0. The van der Waals surface area contributed by atoms with E-state index in [1.165, 1.54) is 19.3 Å². The van der Waals surface area contributed by atoms with Gasteiger partial charge in [-0.15, -0.1) is 11.6 Å². The van der Waals surface area contributed by atoms with Gasteiger partial charge in [-0.25, -0.2) is 0 Å². The maximum Gasteiger partial charge on any atom is 0.226 e. The van der Waals surface area contributed by atoms with Crippen LogP contribution in [0.1, 0.15) is 33.1 Å². The molecule has 1 rings (SSSR count). The number of carbonyl (C=O) groups excluding carboxylic acids is 1. The van der Waals surface area contributed by atoms with Crippen molar-refractivity contribution in [2.24, 2.45) is 5.41 Å². The highest BCUT2D eigenvalue weighted by Gasteiger charge is 2.27. The predicted octanol–water partition coefficient (Wildman–Crippen LogP) is 1.85. The number of likely N-dealkylation sites (N-methyl/N-ethyl adjacent to an activating group) is 1. The molecule has 1 unspecified atom stereocenters. The molecule has 4 heteroatoms. The highest BCUT2D eigenvalue weighted by Crippen LogP contribution is 2.18. The molecule has 0 radical (unpaired) electrons. The summed E-state index contributed by atoms with van der Waals surface area (Å²) in [6.07, 6.45) is 3.72. The molecule has 94 valence electrons. The van der Waals surface area contributed by atoms with Crippen molar-refractivity contribution in [2.45, 2.75) is 39.2 Å². The monoisotopic (exact) mass is 246 g/mol. The number of hydrogen-bond donors (Lipinski definition) is 1. The molecule has 0 aromatic heterocycles. The standard InChI is InChI=1S/C12H23ClN2O/c1-12(2,9-13)11(16)14-8-10-6-4-5-7-15(10)3/h10H,4-9H2,1-3H3,(H,14,16). The first kappa shape index (κ1) is 13.8. The molecule has 3 nitrogen and oxygen atoms in total. The maximum atomic E-state index is 11.8. The predicted molar refractivity (Wildman–Crippen MR) is 67.8 cm³/mol. The molecule has 1 aliphatic rings. The van der Waals surface area contributed by atoms with Gasteiger partial charge in [0.05, 0.1) is 5.41 Å². The lowest BCUT2D eigenvalue weighted by Crippen LogP contribution is -2.47. The van der Waals surface area contributed by atoms with Crippen molar-refractivity contribution < 1.29 is 4.79 Å². The highest BCUT2D eigenvalue weighted by atomic mass is 35.5. The fourth-order valence-corrected chi connectivity index (χ4v) is 2.03. The Morgan fingerprint density at radius 1 is 1.50 bits per heavy atom. The van der Waals surface area contributed by atoms with Crippen LogP contribution in [0.3, 0.4) is 0 Å². The second-order valence-corrected chi connectivity index (χ2v) is 5.63. The molecule has 16 heavy (non-hydrogen) atoms. The molecule has 0 aromatic rings. The summed E-state index contributed by atoms with van der Waals surface area (Å²) in [4.78, 5) is 14.2. The van der Waals surface area contributed by atoms with Crippen LogP contribution in [0.5, 0.6) is 0 Å². The Morgan fingerprint density at radius 2 is 2.19 bits per heavy atom. The number of nitrogens with one attached hydrogen (secondary N) is 1. The second-order valence-electron chi connectivity index (χ2n) is 5.36. The minimum absolute atomic E-state index is 0.0569. The molecule has 0 aromatic carbocycles. The quantitative estimate of drug-likeness (QED) is 0.768. The Balaban J connectivity index is 2.36. The molecular formula is C12H23ClN2O. The van der Waals surface area contributed by atoms with Crippen LogP contribution in [0.15, 0.2) is 0 Å². The van der Waals surface area contributed by atoms with E-state index in [0.717, 1.165) is 13.1 Å². The van der Waals surface area contributed by atoms with Gasteiger partial charge in [0.1, 0.15) is 0 Å². The average Bonchev–Trinajstić information content (AvgIpc) is 2.27. The van der Waals surface area contributed by atoms with Crippen LogP contribution in [0, 0.1) is 5.41 Å². The van der Waals surface area contributed by atoms with Crippen LogP contribution in [0.2, 0.25) is 0 Å². The summed E-state index contributed by atoms with van der Waals surface area (Å²) in [5, 5.41) is 3.01. The number of piperidine rings is 1. The highest BCUT2D eigenvalue weighted by molar-refractivity contribution is 6.19. The zero-order valence-corrected chi connectivity index (χ0v) is 11.3. The van der Waals surface area contributed by atoms with Gasteiger partial charge in [0.15, 0.2) is 0 Å². The summed E-state index contributed by atoms with van der Waals surface area (Å²) in [6.45, 7) is 5.63. The minimum atomic E-state index is -0.463. The lowest BCUT2D eigenvalue weighted by atomic mass is 9.95. The van der Waals surface area contributed by atoms with Gasteiger partial charge in [-0.05, 0) is 40.3 Å². The second kappa shape index (κ2) is 5.87. The third-order valence-electron chi connectivity index (χ3n) is 3.37. The Hall–Kier alpha value is -0.280. The number of amides is 1. The molecular weight excluding hydrogens is 224 g/mol. The van der Waals surface area contributed by atoms with Crippen LogP contribution in [0.4, 0.5) is 0 Å². The molecule has 0 bridgehead atoms. The Labute approximate surface area is 104 Å². The van der Waals surface area contributed by atoms with Gasteiger partial charge in [-0.3, -0.25) is 4.79 Å². The van der Waals surface area contributed by atoms with Crippen molar-refractivity contribution in [2.75, 3.05) is 26.0 Å².